The molecule has 1 aromatic carbocycles. The topological polar surface area (TPSA) is 50.9 Å². The molecule has 0 saturated heterocycles. The molecule has 0 fully saturated rings. The van der Waals surface area contributed by atoms with Crippen LogP contribution in [0.2, 0.25) is 0 Å². The summed E-state index contributed by atoms with van der Waals surface area (Å²) in [7, 11) is 0. The van der Waals surface area contributed by atoms with Gasteiger partial charge in [0, 0.05) is 0 Å². The molecule has 1 heterocycles. The van der Waals surface area contributed by atoms with Gasteiger partial charge in [-0.05, 0) is 31.0 Å². The fraction of sp³-hybridized carbons (Fsp3) is 0.267. The molecular weight excluding hydrogens is 222 g/mol. The smallest absolute Gasteiger partial charge is 0.126 e. The molecule has 3 nitrogen and oxygen atoms in total. The van der Waals surface area contributed by atoms with Crippen molar-refractivity contribution in [1.82, 2.24) is 4.98 Å². The van der Waals surface area contributed by atoms with Gasteiger partial charge in [0.15, 0.2) is 0 Å². The van der Waals surface area contributed by atoms with E-state index in [1.54, 1.807) is 0 Å². The van der Waals surface area contributed by atoms with Crippen molar-refractivity contribution < 1.29 is 0 Å². The van der Waals surface area contributed by atoms with E-state index in [0.717, 1.165) is 23.6 Å². The first-order chi connectivity index (χ1) is 8.70. The van der Waals surface area contributed by atoms with Gasteiger partial charge < -0.3 is 11.1 Å². The maximum absolute atomic E-state index is 5.77. The molecule has 1 aromatic heterocycles. The van der Waals surface area contributed by atoms with Crippen LogP contribution in [0.3, 0.4) is 0 Å². The number of nitrogens with zero attached hydrogens (tertiary/aromatic N) is 1. The normalized spacial score (nSPS) is 12.1. The number of aromatic nitrogens is 1. The molecule has 0 aliphatic heterocycles. The van der Waals surface area contributed by atoms with Crippen LogP contribution in [-0.2, 0) is 0 Å². The van der Waals surface area contributed by atoms with E-state index in [2.05, 4.69) is 41.5 Å². The molecule has 0 aliphatic carbocycles. The Balaban J connectivity index is 2.18. The Bertz CT molecular complexity index is 508. The van der Waals surface area contributed by atoms with Crippen LogP contribution >= 0.6 is 0 Å². The Morgan fingerprint density at radius 1 is 1.17 bits per heavy atom. The first-order valence-electron chi connectivity index (χ1n) is 6.25. The van der Waals surface area contributed by atoms with E-state index in [9.17, 15) is 0 Å². The van der Waals surface area contributed by atoms with Crippen LogP contribution in [0.15, 0.2) is 42.5 Å². The number of rotatable bonds is 4. The van der Waals surface area contributed by atoms with Crippen LogP contribution < -0.4 is 11.1 Å². The summed E-state index contributed by atoms with van der Waals surface area (Å²) in [5, 5.41) is 3.45. The molecule has 0 saturated carbocycles. The molecule has 0 spiro atoms. The molecule has 1 atom stereocenters. The van der Waals surface area contributed by atoms with Crippen LogP contribution in [0.1, 0.15) is 30.6 Å². The lowest BCUT2D eigenvalue weighted by atomic mass is 10.0. The van der Waals surface area contributed by atoms with Gasteiger partial charge in [-0.15, -0.1) is 0 Å². The van der Waals surface area contributed by atoms with Crippen LogP contribution in [0, 0.1) is 6.92 Å². The summed E-state index contributed by atoms with van der Waals surface area (Å²) < 4.78 is 0. The molecule has 2 rings (SSSR count). The summed E-state index contributed by atoms with van der Waals surface area (Å²) in [6.07, 6.45) is 1.01. The van der Waals surface area contributed by atoms with E-state index in [1.165, 1.54) is 5.56 Å². The Labute approximate surface area is 108 Å². The summed E-state index contributed by atoms with van der Waals surface area (Å²) in [5.74, 6) is 0.873. The van der Waals surface area contributed by atoms with Gasteiger partial charge in [-0.25, -0.2) is 4.98 Å². The lowest BCUT2D eigenvalue weighted by Gasteiger charge is -2.18. The van der Waals surface area contributed by atoms with Crippen molar-refractivity contribution in [1.29, 1.82) is 0 Å². The Morgan fingerprint density at radius 2 is 1.89 bits per heavy atom. The van der Waals surface area contributed by atoms with Crippen molar-refractivity contribution in [3.63, 3.8) is 0 Å². The molecule has 18 heavy (non-hydrogen) atoms. The van der Waals surface area contributed by atoms with E-state index < -0.39 is 0 Å². The number of nitrogen functional groups attached to an aromatic ring is 1. The highest BCUT2D eigenvalue weighted by molar-refractivity contribution is 5.49. The Morgan fingerprint density at radius 3 is 2.50 bits per heavy atom. The minimum absolute atomic E-state index is 0.279. The highest BCUT2D eigenvalue weighted by Gasteiger charge is 2.09. The minimum atomic E-state index is 0.279. The summed E-state index contributed by atoms with van der Waals surface area (Å²) in [6, 6.07) is 14.5. The van der Waals surface area contributed by atoms with Crippen LogP contribution in [0.5, 0.6) is 0 Å². The fourth-order valence-electron chi connectivity index (χ4n) is 1.94. The predicted octanol–water partition coefficient (Wildman–Crippen LogP) is 3.54. The number of anilines is 2. The zero-order chi connectivity index (χ0) is 13.0. The predicted molar refractivity (Wildman–Crippen MR) is 76.5 cm³/mol. The summed E-state index contributed by atoms with van der Waals surface area (Å²) in [5.41, 5.74) is 8.64. The van der Waals surface area contributed by atoms with Crippen LogP contribution in [0.25, 0.3) is 0 Å². The summed E-state index contributed by atoms with van der Waals surface area (Å²) >= 11 is 0. The van der Waals surface area contributed by atoms with Crippen molar-refractivity contribution >= 4 is 11.5 Å². The number of benzene rings is 1. The molecular formula is C15H19N3. The van der Waals surface area contributed by atoms with Crippen molar-refractivity contribution in [3.8, 4) is 0 Å². The van der Waals surface area contributed by atoms with E-state index in [1.807, 2.05) is 25.1 Å². The third-order valence-corrected chi connectivity index (χ3v) is 3.06. The zero-order valence-electron chi connectivity index (χ0n) is 10.9. The molecule has 3 heteroatoms. The second kappa shape index (κ2) is 5.54. The minimum Gasteiger partial charge on any atom is -0.397 e. The average Bonchev–Trinajstić information content (AvgIpc) is 2.41. The number of nitrogens with one attached hydrogen (secondary N) is 1. The summed E-state index contributed by atoms with van der Waals surface area (Å²) in [4.78, 5) is 4.45. The molecule has 1 unspecified atom stereocenters. The molecule has 0 amide bonds. The lowest BCUT2D eigenvalue weighted by Crippen LogP contribution is -2.11. The second-order valence-electron chi connectivity index (χ2n) is 4.39. The standard InChI is InChI=1S/C15H19N3/c1-3-14(12-7-5-4-6-8-12)18-15-10-9-13(16)11(2)17-15/h4-10,14H,3,16H2,1-2H3,(H,17,18). The molecule has 2 aromatic rings. The quantitative estimate of drug-likeness (QED) is 0.860. The third-order valence-electron chi connectivity index (χ3n) is 3.06. The molecule has 0 radical (unpaired) electrons. The first kappa shape index (κ1) is 12.4. The third kappa shape index (κ3) is 2.80. The average molecular weight is 241 g/mol. The van der Waals surface area contributed by atoms with Gasteiger partial charge in [0.2, 0.25) is 0 Å². The van der Waals surface area contributed by atoms with Gasteiger partial charge in [-0.1, -0.05) is 37.3 Å². The SMILES string of the molecule is CCC(Nc1ccc(N)c(C)n1)c1ccccc1. The van der Waals surface area contributed by atoms with Crippen LogP contribution in [-0.4, -0.2) is 4.98 Å². The largest absolute Gasteiger partial charge is 0.397 e. The molecule has 0 bridgehead atoms. The lowest BCUT2D eigenvalue weighted by molar-refractivity contribution is 0.744. The first-order valence-corrected chi connectivity index (χ1v) is 6.25. The number of hydrogen-bond acceptors (Lipinski definition) is 3. The second-order valence-corrected chi connectivity index (χ2v) is 4.39. The van der Waals surface area contributed by atoms with E-state index in [4.69, 9.17) is 5.73 Å². The van der Waals surface area contributed by atoms with Crippen molar-refractivity contribution in [2.24, 2.45) is 0 Å². The highest BCUT2D eigenvalue weighted by Crippen LogP contribution is 2.22. The maximum atomic E-state index is 5.77. The Kier molecular flexibility index (Phi) is 3.82. The molecule has 94 valence electrons. The van der Waals surface area contributed by atoms with Gasteiger partial charge in [-0.2, -0.15) is 0 Å². The molecule has 0 aliphatic rings. The maximum Gasteiger partial charge on any atom is 0.126 e. The van der Waals surface area contributed by atoms with Crippen molar-refractivity contribution in [2.75, 3.05) is 11.1 Å². The summed E-state index contributed by atoms with van der Waals surface area (Å²) in [6.45, 7) is 4.08. The zero-order valence-corrected chi connectivity index (χ0v) is 10.9. The number of hydrogen-bond donors (Lipinski definition) is 2. The van der Waals surface area contributed by atoms with Gasteiger partial charge in [0.1, 0.15) is 5.82 Å². The number of nitrogens with two attached hydrogens (primary N) is 1. The number of aryl methyl sites for hydroxylation is 1. The van der Waals surface area contributed by atoms with E-state index in [0.29, 0.717) is 0 Å². The van der Waals surface area contributed by atoms with Gasteiger partial charge >= 0.3 is 0 Å². The van der Waals surface area contributed by atoms with E-state index in [-0.39, 0.29) is 6.04 Å². The monoisotopic (exact) mass is 241 g/mol. The highest BCUT2D eigenvalue weighted by atomic mass is 15.0. The van der Waals surface area contributed by atoms with Crippen LogP contribution in [0.4, 0.5) is 11.5 Å². The fourth-order valence-corrected chi connectivity index (χ4v) is 1.94. The number of pyridine rings is 1. The van der Waals surface area contributed by atoms with Gasteiger partial charge in [0.05, 0.1) is 17.4 Å². The van der Waals surface area contributed by atoms with Crippen molar-refractivity contribution in [3.05, 3.63) is 53.7 Å². The van der Waals surface area contributed by atoms with Gasteiger partial charge in [-0.3, -0.25) is 0 Å². The van der Waals surface area contributed by atoms with Gasteiger partial charge in [0.25, 0.3) is 0 Å². The molecule has 3 N–H and O–H groups in total. The van der Waals surface area contributed by atoms with E-state index >= 15 is 0 Å². The van der Waals surface area contributed by atoms with Crippen molar-refractivity contribution in [2.45, 2.75) is 26.3 Å². The Hall–Kier alpha value is -2.03.